The molecule has 0 aliphatic heterocycles. The fourth-order valence-corrected chi connectivity index (χ4v) is 1.81. The molecule has 1 aromatic rings. The molecule has 0 bridgehead atoms. The van der Waals surface area contributed by atoms with E-state index in [1.54, 1.807) is 26.0 Å². The minimum atomic E-state index is -0.482. The molecule has 1 rings (SSSR count). The molecule has 4 N–H and O–H groups in total. The maximum Gasteiger partial charge on any atom is 0.340 e. The molecular weight excluding hydrogens is 258 g/mol. The van der Waals surface area contributed by atoms with Crippen molar-refractivity contribution in [1.29, 1.82) is 0 Å². The van der Waals surface area contributed by atoms with E-state index in [1.165, 1.54) is 0 Å². The van der Waals surface area contributed by atoms with Crippen LogP contribution in [0.15, 0.2) is 12.1 Å². The van der Waals surface area contributed by atoms with Crippen molar-refractivity contribution in [3.05, 3.63) is 23.3 Å². The van der Waals surface area contributed by atoms with Gasteiger partial charge in [0.25, 0.3) is 0 Å². The molecule has 1 aromatic carbocycles. The topological polar surface area (TPSA) is 93.4 Å². The summed E-state index contributed by atoms with van der Waals surface area (Å²) in [4.78, 5) is 23.7. The molecule has 6 nitrogen and oxygen atoms in total. The van der Waals surface area contributed by atoms with E-state index >= 15 is 0 Å². The Kier molecular flexibility index (Phi) is 5.37. The molecular formula is C14H21N3O3. The van der Waals surface area contributed by atoms with Crippen LogP contribution in [0, 0.1) is 6.92 Å². The van der Waals surface area contributed by atoms with Gasteiger partial charge in [0.2, 0.25) is 0 Å². The maximum absolute atomic E-state index is 12.0. The first-order valence-corrected chi connectivity index (χ1v) is 6.49. The molecule has 2 amide bonds. The molecule has 0 aromatic heterocycles. The highest BCUT2D eigenvalue weighted by molar-refractivity contribution is 6.02. The average Bonchev–Trinajstić information content (AvgIpc) is 2.26. The van der Waals surface area contributed by atoms with Crippen LogP contribution in [0.3, 0.4) is 0 Å². The first-order valence-electron chi connectivity index (χ1n) is 6.49. The summed E-state index contributed by atoms with van der Waals surface area (Å²) in [6.45, 7) is 7.42. The summed E-state index contributed by atoms with van der Waals surface area (Å²) in [5.41, 5.74) is 7.55. The third-order valence-corrected chi connectivity index (χ3v) is 2.51. The van der Waals surface area contributed by atoms with Gasteiger partial charge in [0.05, 0.1) is 17.9 Å². The number of anilines is 2. The number of carbonyl (C=O) groups is 2. The number of urea groups is 1. The number of hydrogen-bond acceptors (Lipinski definition) is 4. The fourth-order valence-electron chi connectivity index (χ4n) is 1.81. The van der Waals surface area contributed by atoms with E-state index in [1.807, 2.05) is 13.8 Å². The fraction of sp³-hybridized carbons (Fsp3) is 0.429. The number of nitrogens with one attached hydrogen (secondary N) is 2. The summed E-state index contributed by atoms with van der Waals surface area (Å²) >= 11 is 0. The standard InChI is InChI=1S/C14H21N3O3/c1-5-20-13(18)12-9(4)6-10(15)7-11(12)17-14(19)16-8(2)3/h6-8H,5,15H2,1-4H3,(H2,16,17,19). The molecule has 0 heterocycles. The second kappa shape index (κ2) is 6.79. The molecule has 0 unspecified atom stereocenters. The Balaban J connectivity index is 3.10. The van der Waals surface area contributed by atoms with Crippen molar-refractivity contribution in [2.45, 2.75) is 33.7 Å². The second-order valence-electron chi connectivity index (χ2n) is 4.73. The Bertz CT molecular complexity index is 513. The number of rotatable bonds is 4. The summed E-state index contributed by atoms with van der Waals surface area (Å²) in [6.07, 6.45) is 0. The first-order chi connectivity index (χ1) is 9.35. The molecule has 0 saturated heterocycles. The third-order valence-electron chi connectivity index (χ3n) is 2.51. The predicted octanol–water partition coefficient (Wildman–Crippen LogP) is 2.28. The van der Waals surface area contributed by atoms with Crippen molar-refractivity contribution < 1.29 is 14.3 Å². The van der Waals surface area contributed by atoms with Crippen LogP contribution in [0.2, 0.25) is 0 Å². The van der Waals surface area contributed by atoms with Gasteiger partial charge in [0.15, 0.2) is 0 Å². The predicted molar refractivity (Wildman–Crippen MR) is 78.8 cm³/mol. The van der Waals surface area contributed by atoms with Crippen molar-refractivity contribution >= 4 is 23.4 Å². The van der Waals surface area contributed by atoms with Crippen LogP contribution in [-0.2, 0) is 4.74 Å². The molecule has 0 aliphatic carbocycles. The van der Waals surface area contributed by atoms with E-state index in [0.29, 0.717) is 22.5 Å². The average molecular weight is 279 g/mol. The van der Waals surface area contributed by atoms with E-state index in [2.05, 4.69) is 10.6 Å². The molecule has 6 heteroatoms. The number of aryl methyl sites for hydroxylation is 1. The van der Waals surface area contributed by atoms with Crippen molar-refractivity contribution in [1.82, 2.24) is 5.32 Å². The Morgan fingerprint density at radius 3 is 2.55 bits per heavy atom. The maximum atomic E-state index is 12.0. The van der Waals surface area contributed by atoms with Crippen LogP contribution in [0.25, 0.3) is 0 Å². The molecule has 0 saturated carbocycles. The Morgan fingerprint density at radius 1 is 1.35 bits per heavy atom. The van der Waals surface area contributed by atoms with Crippen molar-refractivity contribution in [3.63, 3.8) is 0 Å². The summed E-state index contributed by atoms with van der Waals surface area (Å²) in [6, 6.07) is 2.80. The molecule has 0 spiro atoms. The number of amides is 2. The van der Waals surface area contributed by atoms with Gasteiger partial charge in [-0.3, -0.25) is 0 Å². The van der Waals surface area contributed by atoms with Gasteiger partial charge >= 0.3 is 12.0 Å². The molecule has 20 heavy (non-hydrogen) atoms. The van der Waals surface area contributed by atoms with E-state index < -0.39 is 12.0 Å². The van der Waals surface area contributed by atoms with Crippen LogP contribution in [0.5, 0.6) is 0 Å². The van der Waals surface area contributed by atoms with Gasteiger partial charge < -0.3 is 21.1 Å². The SMILES string of the molecule is CCOC(=O)c1c(C)cc(N)cc1NC(=O)NC(C)C. The van der Waals surface area contributed by atoms with Gasteiger partial charge in [-0.05, 0) is 45.4 Å². The lowest BCUT2D eigenvalue weighted by atomic mass is 10.1. The van der Waals surface area contributed by atoms with Crippen molar-refractivity contribution in [3.8, 4) is 0 Å². The molecule has 0 aliphatic rings. The lowest BCUT2D eigenvalue weighted by Crippen LogP contribution is -2.34. The minimum absolute atomic E-state index is 0.0109. The molecule has 0 atom stereocenters. The lowest BCUT2D eigenvalue weighted by molar-refractivity contribution is 0.0527. The lowest BCUT2D eigenvalue weighted by Gasteiger charge is -2.15. The number of ether oxygens (including phenoxy) is 1. The number of nitrogens with two attached hydrogens (primary N) is 1. The number of carbonyl (C=O) groups excluding carboxylic acids is 2. The van der Waals surface area contributed by atoms with Crippen LogP contribution < -0.4 is 16.4 Å². The highest BCUT2D eigenvalue weighted by atomic mass is 16.5. The van der Waals surface area contributed by atoms with Gasteiger partial charge in [-0.1, -0.05) is 0 Å². The first kappa shape index (κ1) is 15.8. The number of benzene rings is 1. The van der Waals surface area contributed by atoms with Crippen molar-refractivity contribution in [2.24, 2.45) is 0 Å². The summed E-state index contributed by atoms with van der Waals surface area (Å²) in [5.74, 6) is -0.482. The van der Waals surface area contributed by atoms with E-state index in [-0.39, 0.29) is 12.6 Å². The number of hydrogen-bond donors (Lipinski definition) is 3. The van der Waals surface area contributed by atoms with Gasteiger partial charge in [-0.2, -0.15) is 0 Å². The summed E-state index contributed by atoms with van der Waals surface area (Å²) < 4.78 is 5.00. The second-order valence-corrected chi connectivity index (χ2v) is 4.73. The normalized spacial score (nSPS) is 10.2. The van der Waals surface area contributed by atoms with Gasteiger partial charge in [-0.25, -0.2) is 9.59 Å². The van der Waals surface area contributed by atoms with Gasteiger partial charge in [0, 0.05) is 11.7 Å². The monoisotopic (exact) mass is 279 g/mol. The molecule has 110 valence electrons. The van der Waals surface area contributed by atoms with Crippen LogP contribution >= 0.6 is 0 Å². The Morgan fingerprint density at radius 2 is 2.00 bits per heavy atom. The zero-order valence-corrected chi connectivity index (χ0v) is 12.2. The summed E-state index contributed by atoms with van der Waals surface area (Å²) in [7, 11) is 0. The Hall–Kier alpha value is -2.24. The molecule has 0 radical (unpaired) electrons. The van der Waals surface area contributed by atoms with Gasteiger partial charge in [-0.15, -0.1) is 0 Å². The number of nitrogen functional groups attached to an aromatic ring is 1. The van der Waals surface area contributed by atoms with E-state index in [9.17, 15) is 9.59 Å². The molecule has 0 fully saturated rings. The van der Waals surface area contributed by atoms with Crippen molar-refractivity contribution in [2.75, 3.05) is 17.7 Å². The zero-order valence-electron chi connectivity index (χ0n) is 12.2. The smallest absolute Gasteiger partial charge is 0.340 e. The third kappa shape index (κ3) is 4.15. The highest BCUT2D eigenvalue weighted by Gasteiger charge is 2.18. The number of esters is 1. The van der Waals surface area contributed by atoms with Crippen LogP contribution in [-0.4, -0.2) is 24.6 Å². The minimum Gasteiger partial charge on any atom is -0.462 e. The van der Waals surface area contributed by atoms with E-state index in [0.717, 1.165) is 0 Å². The Labute approximate surface area is 118 Å². The zero-order chi connectivity index (χ0) is 15.3. The summed E-state index contributed by atoms with van der Waals surface area (Å²) in [5, 5.41) is 5.32. The quantitative estimate of drug-likeness (QED) is 0.582. The largest absolute Gasteiger partial charge is 0.462 e. The van der Waals surface area contributed by atoms with Crippen LogP contribution in [0.1, 0.15) is 36.7 Å². The van der Waals surface area contributed by atoms with Crippen LogP contribution in [0.4, 0.5) is 16.2 Å². The highest BCUT2D eigenvalue weighted by Crippen LogP contribution is 2.24. The van der Waals surface area contributed by atoms with Gasteiger partial charge in [0.1, 0.15) is 0 Å². The van der Waals surface area contributed by atoms with E-state index in [4.69, 9.17) is 10.5 Å².